The third kappa shape index (κ3) is 3.53. The quantitative estimate of drug-likeness (QED) is 0.344. The summed E-state index contributed by atoms with van der Waals surface area (Å²) in [4.78, 5) is 14.9. The zero-order chi connectivity index (χ0) is 23.2. The van der Waals surface area contributed by atoms with Crippen molar-refractivity contribution in [3.8, 4) is 33.8 Å². The van der Waals surface area contributed by atoms with E-state index in [9.17, 15) is 0 Å². The Balaban J connectivity index is 1.48. The summed E-state index contributed by atoms with van der Waals surface area (Å²) in [6.45, 7) is 0. The maximum absolute atomic E-state index is 4.99. The first-order valence-electron chi connectivity index (χ1n) is 11.0. The first kappa shape index (κ1) is 20.6. The van der Waals surface area contributed by atoms with Crippen LogP contribution in [0.5, 0.6) is 0 Å². The average Bonchev–Trinajstić information content (AvgIpc) is 3.47. The molecule has 0 fully saturated rings. The minimum absolute atomic E-state index is 0.744. The normalized spacial score (nSPS) is 11.4. The van der Waals surface area contributed by atoms with E-state index in [1.54, 1.807) is 0 Å². The van der Waals surface area contributed by atoms with Crippen molar-refractivity contribution in [1.82, 2.24) is 25.1 Å². The second-order valence-electron chi connectivity index (χ2n) is 8.57. The number of para-hydroxylation sites is 1. The predicted molar refractivity (Wildman–Crippen MR) is 144 cm³/mol. The highest BCUT2D eigenvalue weighted by molar-refractivity contribution is 7.27. The number of aromatic amines is 2. The summed E-state index contributed by atoms with van der Waals surface area (Å²) in [5, 5.41) is 9.93. The number of fused-ring (bicyclic) bond motifs is 2. The number of H-pyrrole nitrogens is 2. The number of imidazole rings is 1. The average molecular weight is 462 g/mol. The number of nitrogens with zero attached hydrogens (tertiary/aromatic N) is 4. The molecule has 34 heavy (non-hydrogen) atoms. The van der Waals surface area contributed by atoms with Gasteiger partial charge in [0.05, 0.1) is 28.4 Å². The van der Waals surface area contributed by atoms with E-state index in [1.165, 1.54) is 0 Å². The second kappa shape index (κ2) is 8.08. The smallest absolute Gasteiger partial charge is 0.159 e. The van der Waals surface area contributed by atoms with Crippen molar-refractivity contribution in [1.29, 1.82) is 0 Å². The number of benzene rings is 3. The van der Waals surface area contributed by atoms with Crippen molar-refractivity contribution in [2.75, 3.05) is 19.0 Å². The molecule has 3 heterocycles. The Morgan fingerprint density at radius 1 is 0.824 bits per heavy atom. The molecule has 3 aromatic carbocycles. The van der Waals surface area contributed by atoms with Crippen molar-refractivity contribution >= 4 is 42.2 Å². The minimum Gasteiger partial charge on any atom is -0.376 e. The Hall–Kier alpha value is -4.02. The van der Waals surface area contributed by atoms with Crippen LogP contribution < -0.4 is 10.2 Å². The Bertz CT molecular complexity index is 1660. The molecule has 0 saturated carbocycles. The number of anilines is 1. The maximum atomic E-state index is 4.99. The van der Waals surface area contributed by atoms with E-state index in [-0.39, 0.29) is 0 Å². The molecule has 7 heteroatoms. The van der Waals surface area contributed by atoms with Crippen LogP contribution in [0.15, 0.2) is 79.1 Å². The fraction of sp³-hybridized carbons (Fsp3) is 0.0741. The lowest BCUT2D eigenvalue weighted by molar-refractivity contribution is 1.11. The molecule has 6 aromatic rings. The van der Waals surface area contributed by atoms with E-state index in [0.717, 1.165) is 66.7 Å². The highest BCUT2D eigenvalue weighted by Crippen LogP contribution is 2.33. The summed E-state index contributed by atoms with van der Waals surface area (Å²) in [5.41, 5.74) is 9.12. The molecule has 0 amide bonds. The molecule has 6 rings (SSSR count). The number of aromatic nitrogens is 5. The van der Waals surface area contributed by atoms with E-state index >= 15 is 0 Å². The minimum atomic E-state index is 0.744. The van der Waals surface area contributed by atoms with Gasteiger partial charge < -0.3 is 9.88 Å². The number of hydrogen-bond donors (Lipinski definition) is 2. The first-order valence-corrected chi connectivity index (χ1v) is 11.6. The van der Waals surface area contributed by atoms with E-state index in [1.807, 2.05) is 26.5 Å². The molecule has 0 aliphatic carbocycles. The van der Waals surface area contributed by atoms with Crippen LogP contribution in [0.25, 0.3) is 55.7 Å². The van der Waals surface area contributed by atoms with E-state index < -0.39 is 0 Å². The lowest BCUT2D eigenvalue weighted by atomic mass is 10.0. The number of nitrogens with one attached hydrogen (secondary N) is 2. The van der Waals surface area contributed by atoms with E-state index in [2.05, 4.69) is 101 Å². The predicted octanol–water partition coefficient (Wildman–Crippen LogP) is 5.40. The largest absolute Gasteiger partial charge is 0.376 e. The van der Waals surface area contributed by atoms with Crippen LogP contribution in [-0.4, -0.2) is 39.2 Å². The third-order valence-electron chi connectivity index (χ3n) is 6.07. The van der Waals surface area contributed by atoms with Gasteiger partial charge in [0.1, 0.15) is 5.69 Å². The Labute approximate surface area is 199 Å². The second-order valence-corrected chi connectivity index (χ2v) is 9.24. The van der Waals surface area contributed by atoms with Crippen LogP contribution in [0.1, 0.15) is 0 Å². The molecule has 0 bridgehead atoms. The van der Waals surface area contributed by atoms with Gasteiger partial charge in [-0.3, -0.25) is 10.1 Å². The fourth-order valence-corrected chi connectivity index (χ4v) is 4.58. The van der Waals surface area contributed by atoms with Crippen LogP contribution >= 0.6 is 9.24 Å². The molecular formula is C27H23N6P. The SMILES string of the molecule is CN(C)c1cncc(-c2ccc3[nH]nc(-c4nc5c(-c6cccc(P)c6)cccc5[nH]4)c3c2)c1. The van der Waals surface area contributed by atoms with Gasteiger partial charge in [0.2, 0.25) is 0 Å². The van der Waals surface area contributed by atoms with Crippen LogP contribution in [0.4, 0.5) is 5.69 Å². The number of hydrogen-bond acceptors (Lipinski definition) is 4. The van der Waals surface area contributed by atoms with E-state index in [4.69, 9.17) is 4.98 Å². The van der Waals surface area contributed by atoms with Gasteiger partial charge in [0, 0.05) is 36.8 Å². The van der Waals surface area contributed by atoms with Crippen LogP contribution in [0, 0.1) is 0 Å². The first-order chi connectivity index (χ1) is 16.6. The van der Waals surface area contributed by atoms with Crippen molar-refractivity contribution < 1.29 is 0 Å². The summed E-state index contributed by atoms with van der Waals surface area (Å²) in [7, 11) is 6.80. The summed E-state index contributed by atoms with van der Waals surface area (Å²) in [6, 6.07) is 23.1. The molecule has 0 aliphatic rings. The van der Waals surface area contributed by atoms with Gasteiger partial charge in [-0.15, -0.1) is 9.24 Å². The third-order valence-corrected chi connectivity index (χ3v) is 6.43. The number of pyridine rings is 1. The van der Waals surface area contributed by atoms with Gasteiger partial charge in [0.25, 0.3) is 0 Å². The standard InChI is InChI=1S/C27H23N6P/c1-33(2)19-11-18(14-28-15-19)16-9-10-23-22(13-16)26(32-31-23)27-29-24-8-4-7-21(25(24)30-27)17-5-3-6-20(34)12-17/h3-15H,34H2,1-2H3,(H,29,30)(H,31,32). The van der Waals surface area contributed by atoms with Crippen LogP contribution in [0.3, 0.4) is 0 Å². The summed E-state index contributed by atoms with van der Waals surface area (Å²) < 4.78 is 0. The molecule has 166 valence electrons. The molecule has 0 saturated heterocycles. The highest BCUT2D eigenvalue weighted by atomic mass is 31.0. The molecule has 2 N–H and O–H groups in total. The molecule has 3 aromatic heterocycles. The van der Waals surface area contributed by atoms with Crippen molar-refractivity contribution in [3.05, 3.63) is 79.1 Å². The zero-order valence-electron chi connectivity index (χ0n) is 18.9. The molecule has 1 unspecified atom stereocenters. The Kier molecular flexibility index (Phi) is 4.89. The summed E-state index contributed by atoms with van der Waals surface area (Å²) in [5.74, 6) is 0.744. The lowest BCUT2D eigenvalue weighted by Gasteiger charge is -2.13. The van der Waals surface area contributed by atoms with Crippen molar-refractivity contribution in [2.24, 2.45) is 0 Å². The van der Waals surface area contributed by atoms with Gasteiger partial charge in [-0.1, -0.05) is 36.4 Å². The van der Waals surface area contributed by atoms with Crippen LogP contribution in [-0.2, 0) is 0 Å². The monoisotopic (exact) mass is 462 g/mol. The summed E-state index contributed by atoms with van der Waals surface area (Å²) >= 11 is 0. The molecule has 0 spiro atoms. The van der Waals surface area contributed by atoms with Gasteiger partial charge >= 0.3 is 0 Å². The highest BCUT2D eigenvalue weighted by Gasteiger charge is 2.16. The molecule has 0 radical (unpaired) electrons. The maximum Gasteiger partial charge on any atom is 0.159 e. The fourth-order valence-electron chi connectivity index (χ4n) is 4.29. The van der Waals surface area contributed by atoms with Crippen molar-refractivity contribution in [2.45, 2.75) is 0 Å². The topological polar surface area (TPSA) is 73.5 Å². The number of rotatable bonds is 4. The zero-order valence-corrected chi connectivity index (χ0v) is 20.0. The van der Waals surface area contributed by atoms with Crippen molar-refractivity contribution in [3.63, 3.8) is 0 Å². The Morgan fingerprint density at radius 2 is 1.71 bits per heavy atom. The van der Waals surface area contributed by atoms with Gasteiger partial charge in [-0.25, -0.2) is 4.98 Å². The lowest BCUT2D eigenvalue weighted by Crippen LogP contribution is -2.08. The van der Waals surface area contributed by atoms with Gasteiger partial charge in [0.15, 0.2) is 5.82 Å². The molecular weight excluding hydrogens is 439 g/mol. The molecule has 0 aliphatic heterocycles. The Morgan fingerprint density at radius 3 is 2.56 bits per heavy atom. The van der Waals surface area contributed by atoms with Crippen LogP contribution in [0.2, 0.25) is 0 Å². The summed E-state index contributed by atoms with van der Waals surface area (Å²) in [6.07, 6.45) is 3.76. The molecule has 1 atom stereocenters. The van der Waals surface area contributed by atoms with Gasteiger partial charge in [-0.2, -0.15) is 5.10 Å². The molecule has 6 nitrogen and oxygen atoms in total. The van der Waals surface area contributed by atoms with E-state index in [0.29, 0.717) is 0 Å². The van der Waals surface area contributed by atoms with Gasteiger partial charge in [-0.05, 0) is 46.8 Å².